The topological polar surface area (TPSA) is 71.5 Å². The highest BCUT2D eigenvalue weighted by atomic mass is 35.5. The standard InChI is InChI=1S/C19H20Cl2FN5O2/c1-9-7-26(8-10(2)29-9)15-12(22)5-11(6-23-15)27-16-13(19(3,4)17(27)28)14(20)24-18(21)25-16/h5-6,9-10H,7-8H2,1-4H3/t9-,10+. The molecule has 2 aliphatic rings. The van der Waals surface area contributed by atoms with E-state index in [0.717, 1.165) is 0 Å². The van der Waals surface area contributed by atoms with Crippen LogP contribution in [0.25, 0.3) is 0 Å². The van der Waals surface area contributed by atoms with Crippen LogP contribution < -0.4 is 9.80 Å². The monoisotopic (exact) mass is 439 g/mol. The van der Waals surface area contributed by atoms with Crippen LogP contribution in [0.2, 0.25) is 10.4 Å². The molecule has 2 aromatic heterocycles. The Hall–Kier alpha value is -2.03. The van der Waals surface area contributed by atoms with Gasteiger partial charge in [0.15, 0.2) is 17.5 Å². The van der Waals surface area contributed by atoms with Gasteiger partial charge >= 0.3 is 0 Å². The third-order valence-corrected chi connectivity index (χ3v) is 5.62. The number of amides is 1. The molecule has 2 aromatic rings. The first-order valence-corrected chi connectivity index (χ1v) is 9.99. The first-order valence-electron chi connectivity index (χ1n) is 9.23. The van der Waals surface area contributed by atoms with E-state index in [2.05, 4.69) is 15.0 Å². The van der Waals surface area contributed by atoms with Gasteiger partial charge in [-0.25, -0.2) is 14.4 Å². The van der Waals surface area contributed by atoms with Gasteiger partial charge in [0.25, 0.3) is 0 Å². The molecule has 4 heterocycles. The summed E-state index contributed by atoms with van der Waals surface area (Å²) in [5.74, 6) is -0.379. The number of aromatic nitrogens is 3. The van der Waals surface area contributed by atoms with E-state index in [0.29, 0.717) is 18.7 Å². The van der Waals surface area contributed by atoms with Gasteiger partial charge in [-0.05, 0) is 39.3 Å². The molecule has 1 fully saturated rings. The number of nitrogens with zero attached hydrogens (tertiary/aromatic N) is 5. The minimum atomic E-state index is -0.985. The second-order valence-electron chi connectivity index (χ2n) is 7.91. The Morgan fingerprint density at radius 3 is 2.45 bits per heavy atom. The third kappa shape index (κ3) is 3.33. The number of halogens is 3. The molecule has 0 N–H and O–H groups in total. The molecule has 0 radical (unpaired) electrons. The zero-order valence-corrected chi connectivity index (χ0v) is 17.9. The zero-order valence-electron chi connectivity index (χ0n) is 16.4. The smallest absolute Gasteiger partial charge is 0.243 e. The molecule has 2 atom stereocenters. The van der Waals surface area contributed by atoms with Crippen LogP contribution in [-0.2, 0) is 14.9 Å². The number of hydrogen-bond donors (Lipinski definition) is 0. The van der Waals surface area contributed by atoms with E-state index < -0.39 is 11.2 Å². The molecule has 1 amide bonds. The second kappa shape index (κ2) is 7.04. The summed E-state index contributed by atoms with van der Waals surface area (Å²) in [5, 5.41) is 0.00721. The van der Waals surface area contributed by atoms with E-state index in [1.54, 1.807) is 13.8 Å². The van der Waals surface area contributed by atoms with Crippen molar-refractivity contribution in [2.75, 3.05) is 22.9 Å². The maximum atomic E-state index is 15.0. The second-order valence-corrected chi connectivity index (χ2v) is 8.60. The molecule has 7 nitrogen and oxygen atoms in total. The molecule has 29 heavy (non-hydrogen) atoms. The average molecular weight is 440 g/mol. The van der Waals surface area contributed by atoms with Crippen LogP contribution in [0.15, 0.2) is 12.3 Å². The normalized spacial score (nSPS) is 23.5. The lowest BCUT2D eigenvalue weighted by Gasteiger charge is -2.36. The zero-order chi connectivity index (χ0) is 21.1. The van der Waals surface area contributed by atoms with Crippen molar-refractivity contribution < 1.29 is 13.9 Å². The lowest BCUT2D eigenvalue weighted by molar-refractivity contribution is -0.121. The number of carbonyl (C=O) groups excluding carboxylic acids is 1. The molecule has 0 aliphatic carbocycles. The summed E-state index contributed by atoms with van der Waals surface area (Å²) in [6.45, 7) is 8.36. The van der Waals surface area contributed by atoms with E-state index in [9.17, 15) is 4.79 Å². The fourth-order valence-corrected chi connectivity index (χ4v) is 4.55. The molecule has 0 bridgehead atoms. The first-order chi connectivity index (χ1) is 13.6. The minimum absolute atomic E-state index is 0.0338. The van der Waals surface area contributed by atoms with Crippen molar-refractivity contribution in [1.29, 1.82) is 0 Å². The molecule has 0 saturated carbocycles. The fraction of sp³-hybridized carbons (Fsp3) is 0.474. The summed E-state index contributed by atoms with van der Waals surface area (Å²) < 4.78 is 20.7. The van der Waals surface area contributed by atoms with Crippen molar-refractivity contribution in [3.8, 4) is 0 Å². The van der Waals surface area contributed by atoms with Crippen molar-refractivity contribution >= 4 is 46.4 Å². The molecule has 154 valence electrons. The van der Waals surface area contributed by atoms with Gasteiger partial charge in [-0.15, -0.1) is 0 Å². The Kier molecular flexibility index (Phi) is 4.91. The molecule has 10 heteroatoms. The van der Waals surface area contributed by atoms with Crippen LogP contribution >= 0.6 is 23.2 Å². The predicted molar refractivity (Wildman–Crippen MR) is 109 cm³/mol. The molecule has 4 rings (SSSR count). The van der Waals surface area contributed by atoms with E-state index >= 15 is 4.39 Å². The Bertz CT molecular complexity index is 993. The van der Waals surface area contributed by atoms with Crippen molar-refractivity contribution in [1.82, 2.24) is 15.0 Å². The van der Waals surface area contributed by atoms with E-state index in [1.807, 2.05) is 18.7 Å². The predicted octanol–water partition coefficient (Wildman–Crippen LogP) is 3.89. The van der Waals surface area contributed by atoms with Gasteiger partial charge in [0.1, 0.15) is 5.15 Å². The lowest BCUT2D eigenvalue weighted by Crippen LogP contribution is -2.46. The Morgan fingerprint density at radius 2 is 1.83 bits per heavy atom. The molecular weight excluding hydrogens is 420 g/mol. The van der Waals surface area contributed by atoms with Crippen molar-refractivity contribution in [2.24, 2.45) is 0 Å². The van der Waals surface area contributed by atoms with Crippen molar-refractivity contribution in [3.63, 3.8) is 0 Å². The van der Waals surface area contributed by atoms with Gasteiger partial charge < -0.3 is 9.64 Å². The van der Waals surface area contributed by atoms with Gasteiger partial charge in [-0.2, -0.15) is 4.98 Å². The number of fused-ring (bicyclic) bond motifs is 1. The fourth-order valence-electron chi connectivity index (χ4n) is 3.95. The van der Waals surface area contributed by atoms with Crippen LogP contribution in [0.4, 0.5) is 21.7 Å². The number of anilines is 3. The number of rotatable bonds is 2. The summed E-state index contributed by atoms with van der Waals surface area (Å²) >= 11 is 12.2. The molecule has 1 saturated heterocycles. The van der Waals surface area contributed by atoms with Crippen molar-refractivity contribution in [3.05, 3.63) is 34.1 Å². The summed E-state index contributed by atoms with van der Waals surface area (Å²) in [5.41, 5.74) is -0.279. The Balaban J connectivity index is 1.75. The highest BCUT2D eigenvalue weighted by Gasteiger charge is 2.48. The third-order valence-electron chi connectivity index (χ3n) is 5.18. The van der Waals surface area contributed by atoms with Gasteiger partial charge in [-0.1, -0.05) is 11.6 Å². The minimum Gasteiger partial charge on any atom is -0.372 e. The van der Waals surface area contributed by atoms with Crippen LogP contribution in [0.5, 0.6) is 0 Å². The highest BCUT2D eigenvalue weighted by molar-refractivity contribution is 6.34. The van der Waals surface area contributed by atoms with Crippen LogP contribution in [0.3, 0.4) is 0 Å². The molecular formula is C19H20Cl2FN5O2. The van der Waals surface area contributed by atoms with Crippen molar-refractivity contribution in [2.45, 2.75) is 45.3 Å². The van der Waals surface area contributed by atoms with Crippen LogP contribution in [0, 0.1) is 5.82 Å². The lowest BCUT2D eigenvalue weighted by atomic mass is 9.88. The summed E-state index contributed by atoms with van der Waals surface area (Å²) in [4.78, 5) is 28.7. The highest BCUT2D eigenvalue weighted by Crippen LogP contribution is 2.47. The number of morpholine rings is 1. The van der Waals surface area contributed by atoms with Gasteiger partial charge in [0, 0.05) is 24.7 Å². The molecule has 0 spiro atoms. The van der Waals surface area contributed by atoms with Gasteiger partial charge in [0.2, 0.25) is 11.2 Å². The van der Waals surface area contributed by atoms with Gasteiger partial charge in [0.05, 0.1) is 29.5 Å². The number of carbonyl (C=O) groups is 1. The van der Waals surface area contributed by atoms with E-state index in [-0.39, 0.29) is 45.9 Å². The summed E-state index contributed by atoms with van der Waals surface area (Å²) in [6, 6.07) is 1.28. The summed E-state index contributed by atoms with van der Waals surface area (Å²) in [7, 11) is 0. The molecule has 0 unspecified atom stereocenters. The van der Waals surface area contributed by atoms with Crippen LogP contribution in [0.1, 0.15) is 33.3 Å². The molecule has 0 aromatic carbocycles. The quantitative estimate of drug-likeness (QED) is 0.522. The van der Waals surface area contributed by atoms with E-state index in [4.69, 9.17) is 27.9 Å². The first kappa shape index (κ1) is 20.3. The van der Waals surface area contributed by atoms with Crippen LogP contribution in [-0.4, -0.2) is 46.2 Å². The maximum absolute atomic E-state index is 15.0. The maximum Gasteiger partial charge on any atom is 0.243 e. The van der Waals surface area contributed by atoms with E-state index in [1.165, 1.54) is 17.2 Å². The Labute approximate surface area is 177 Å². The SMILES string of the molecule is C[C@@H]1CN(c2ncc(N3C(=O)C(C)(C)c4c(Cl)nc(Cl)nc43)cc2F)C[C@H](C)O1. The number of ether oxygens (including phenoxy) is 1. The largest absolute Gasteiger partial charge is 0.372 e. The Morgan fingerprint density at radius 1 is 1.17 bits per heavy atom. The summed E-state index contributed by atoms with van der Waals surface area (Å²) in [6.07, 6.45) is 1.39. The average Bonchev–Trinajstić information content (AvgIpc) is 2.79. The van der Waals surface area contributed by atoms with Gasteiger partial charge in [-0.3, -0.25) is 9.69 Å². The number of hydrogen-bond acceptors (Lipinski definition) is 6. The molecule has 2 aliphatic heterocycles. The number of pyridine rings is 1.